The zero-order chi connectivity index (χ0) is 23.1. The van der Waals surface area contributed by atoms with Crippen molar-refractivity contribution in [1.82, 2.24) is 10.3 Å². The molecule has 32 heavy (non-hydrogen) atoms. The van der Waals surface area contributed by atoms with Gasteiger partial charge in [0.25, 0.3) is 5.91 Å². The molecule has 1 saturated heterocycles. The Hall–Kier alpha value is -3.10. The van der Waals surface area contributed by atoms with Gasteiger partial charge in [0.1, 0.15) is 5.75 Å². The number of methoxy groups -OCH3 is 1. The van der Waals surface area contributed by atoms with Crippen LogP contribution in [0.4, 0.5) is 11.4 Å². The lowest BCUT2D eigenvalue weighted by Gasteiger charge is -2.32. The van der Waals surface area contributed by atoms with Crippen molar-refractivity contribution in [3.63, 3.8) is 0 Å². The number of hydrogen-bond donors (Lipinski definition) is 2. The van der Waals surface area contributed by atoms with Crippen molar-refractivity contribution < 1.29 is 18.8 Å². The summed E-state index contributed by atoms with van der Waals surface area (Å²) in [5.41, 5.74) is 2.39. The van der Waals surface area contributed by atoms with Crippen molar-refractivity contribution >= 4 is 40.8 Å². The monoisotopic (exact) mass is 433 g/mol. The summed E-state index contributed by atoms with van der Waals surface area (Å²) in [5, 5.41) is 6.85. The molecule has 0 atom stereocenters. The van der Waals surface area contributed by atoms with Crippen molar-refractivity contribution in [1.29, 1.82) is 0 Å². The SMILES string of the molecule is CNC(=O)c1cnc2cc(OC)c(B3OC(C)(C)C(C)(C)O3)cc2c1Nc1ccccc1. The number of ether oxygens (including phenoxy) is 1. The lowest BCUT2D eigenvalue weighted by molar-refractivity contribution is 0.00578. The summed E-state index contributed by atoms with van der Waals surface area (Å²) in [7, 11) is 2.59. The third-order valence-electron chi connectivity index (χ3n) is 6.24. The molecule has 1 amide bonds. The zero-order valence-corrected chi connectivity index (χ0v) is 19.3. The molecule has 1 fully saturated rings. The summed E-state index contributed by atoms with van der Waals surface area (Å²) in [4.78, 5) is 17.2. The van der Waals surface area contributed by atoms with Crippen molar-refractivity contribution in [2.75, 3.05) is 19.5 Å². The molecule has 0 saturated carbocycles. The van der Waals surface area contributed by atoms with Gasteiger partial charge in [0.15, 0.2) is 0 Å². The molecule has 0 bridgehead atoms. The van der Waals surface area contributed by atoms with E-state index in [1.807, 2.05) is 70.2 Å². The standard InChI is InChI=1S/C24H28BN3O4/c1-23(2)24(3,4)32-25(31-23)18-12-16-19(13-20(18)30-6)27-14-17(22(29)26-5)21(16)28-15-10-8-7-9-11-15/h7-14H,1-6H3,(H,26,29)(H,27,28). The fourth-order valence-corrected chi connectivity index (χ4v) is 3.67. The fourth-order valence-electron chi connectivity index (χ4n) is 3.67. The number of benzene rings is 2. The number of anilines is 2. The molecule has 7 nitrogen and oxygen atoms in total. The molecule has 1 aliphatic heterocycles. The fraction of sp³-hybridized carbons (Fsp3) is 0.333. The highest BCUT2D eigenvalue weighted by molar-refractivity contribution is 6.63. The van der Waals surface area contributed by atoms with Gasteiger partial charge in [0.2, 0.25) is 0 Å². The zero-order valence-electron chi connectivity index (χ0n) is 19.3. The van der Waals surface area contributed by atoms with Crippen molar-refractivity contribution in [2.45, 2.75) is 38.9 Å². The topological polar surface area (TPSA) is 81.7 Å². The molecule has 1 aromatic heterocycles. The number of nitrogens with one attached hydrogen (secondary N) is 2. The van der Waals surface area contributed by atoms with Gasteiger partial charge in [-0.05, 0) is 45.9 Å². The van der Waals surface area contributed by atoms with Crippen LogP contribution in [0.5, 0.6) is 5.75 Å². The van der Waals surface area contributed by atoms with E-state index >= 15 is 0 Å². The summed E-state index contributed by atoms with van der Waals surface area (Å²) >= 11 is 0. The van der Waals surface area contributed by atoms with Crippen LogP contribution in [0.1, 0.15) is 38.1 Å². The number of aromatic nitrogens is 1. The van der Waals surface area contributed by atoms with E-state index in [-0.39, 0.29) is 5.91 Å². The van der Waals surface area contributed by atoms with E-state index < -0.39 is 18.3 Å². The van der Waals surface area contributed by atoms with Gasteiger partial charge in [-0.25, -0.2) is 0 Å². The minimum atomic E-state index is -0.618. The third kappa shape index (κ3) is 3.80. The van der Waals surface area contributed by atoms with Gasteiger partial charge < -0.3 is 24.7 Å². The van der Waals surface area contributed by atoms with Crippen molar-refractivity contribution in [3.8, 4) is 5.75 Å². The Morgan fingerprint density at radius 1 is 1.06 bits per heavy atom. The van der Waals surface area contributed by atoms with E-state index in [0.717, 1.165) is 16.5 Å². The maximum atomic E-state index is 12.6. The molecule has 8 heteroatoms. The first kappa shape index (κ1) is 22.1. The molecule has 1 aliphatic rings. The molecule has 2 heterocycles. The molecule has 166 valence electrons. The number of pyridine rings is 1. The van der Waals surface area contributed by atoms with Gasteiger partial charge in [-0.1, -0.05) is 18.2 Å². The minimum Gasteiger partial charge on any atom is -0.497 e. The molecule has 0 aliphatic carbocycles. The molecular weight excluding hydrogens is 405 g/mol. The number of rotatable bonds is 5. The first-order valence-corrected chi connectivity index (χ1v) is 10.6. The molecule has 0 spiro atoms. The Balaban J connectivity index is 1.91. The van der Waals surface area contributed by atoms with Gasteiger partial charge in [0, 0.05) is 35.8 Å². The van der Waals surface area contributed by atoms with Gasteiger partial charge in [-0.15, -0.1) is 0 Å². The second kappa shape index (κ2) is 8.11. The van der Waals surface area contributed by atoms with E-state index in [0.29, 0.717) is 22.5 Å². The van der Waals surface area contributed by atoms with Crippen LogP contribution in [0.15, 0.2) is 48.7 Å². The maximum Gasteiger partial charge on any atom is 0.498 e. The largest absolute Gasteiger partial charge is 0.498 e. The van der Waals surface area contributed by atoms with Crippen LogP contribution in [-0.4, -0.2) is 43.4 Å². The number of carbonyl (C=O) groups excluding carboxylic acids is 1. The number of fused-ring (bicyclic) bond motifs is 1. The Kier molecular flexibility index (Phi) is 5.60. The molecule has 0 unspecified atom stereocenters. The van der Waals surface area contributed by atoms with E-state index in [4.69, 9.17) is 14.0 Å². The average Bonchev–Trinajstić information content (AvgIpc) is 3.00. The number of amides is 1. The smallest absolute Gasteiger partial charge is 0.497 e. The number of nitrogens with zero attached hydrogens (tertiary/aromatic N) is 1. The predicted octanol–water partition coefficient (Wildman–Crippen LogP) is 3.65. The van der Waals surface area contributed by atoms with Crippen molar-refractivity contribution in [3.05, 3.63) is 54.2 Å². The third-order valence-corrected chi connectivity index (χ3v) is 6.24. The van der Waals surface area contributed by atoms with Crippen molar-refractivity contribution in [2.24, 2.45) is 0 Å². The molecule has 2 N–H and O–H groups in total. The van der Waals surface area contributed by atoms with Crippen LogP contribution >= 0.6 is 0 Å². The molecule has 0 radical (unpaired) electrons. The second-order valence-electron chi connectivity index (χ2n) is 8.82. The normalized spacial score (nSPS) is 16.8. The minimum absolute atomic E-state index is 0.231. The summed E-state index contributed by atoms with van der Waals surface area (Å²) < 4.78 is 18.2. The first-order valence-electron chi connectivity index (χ1n) is 10.6. The highest BCUT2D eigenvalue weighted by Crippen LogP contribution is 2.38. The van der Waals surface area contributed by atoms with Gasteiger partial charge in [-0.3, -0.25) is 9.78 Å². The van der Waals surface area contributed by atoms with Crippen LogP contribution in [0.25, 0.3) is 10.9 Å². The Morgan fingerprint density at radius 2 is 1.72 bits per heavy atom. The summed E-state index contributed by atoms with van der Waals surface area (Å²) in [6.07, 6.45) is 1.57. The van der Waals surface area contributed by atoms with E-state index in [2.05, 4.69) is 15.6 Å². The summed E-state index contributed by atoms with van der Waals surface area (Å²) in [6, 6.07) is 13.5. The maximum absolute atomic E-state index is 12.6. The lowest BCUT2D eigenvalue weighted by atomic mass is 9.77. The molecular formula is C24H28BN3O4. The Morgan fingerprint density at radius 3 is 2.31 bits per heavy atom. The second-order valence-corrected chi connectivity index (χ2v) is 8.82. The Labute approximate surface area is 188 Å². The highest BCUT2D eigenvalue weighted by Gasteiger charge is 2.52. The number of hydrogen-bond acceptors (Lipinski definition) is 6. The number of para-hydroxylation sites is 1. The lowest BCUT2D eigenvalue weighted by Crippen LogP contribution is -2.41. The molecule has 4 rings (SSSR count). The van der Waals surface area contributed by atoms with E-state index in [1.165, 1.54) is 0 Å². The predicted molar refractivity (Wildman–Crippen MR) is 127 cm³/mol. The summed E-state index contributed by atoms with van der Waals surface area (Å²) in [5.74, 6) is 0.382. The van der Waals surface area contributed by atoms with E-state index in [9.17, 15) is 4.79 Å². The summed E-state index contributed by atoms with van der Waals surface area (Å²) in [6.45, 7) is 8.03. The number of carbonyl (C=O) groups is 1. The van der Waals surface area contributed by atoms with Gasteiger partial charge >= 0.3 is 7.12 Å². The van der Waals surface area contributed by atoms with Crippen LogP contribution in [0, 0.1) is 0 Å². The average molecular weight is 433 g/mol. The molecule has 3 aromatic rings. The quantitative estimate of drug-likeness (QED) is 0.598. The Bertz CT molecular complexity index is 1150. The van der Waals surface area contributed by atoms with Gasteiger partial charge in [-0.2, -0.15) is 0 Å². The van der Waals surface area contributed by atoms with Crippen LogP contribution in [0.2, 0.25) is 0 Å². The van der Waals surface area contributed by atoms with Crippen LogP contribution in [0.3, 0.4) is 0 Å². The molecule has 2 aromatic carbocycles. The van der Waals surface area contributed by atoms with Crippen LogP contribution < -0.4 is 20.8 Å². The first-order chi connectivity index (χ1) is 15.2. The highest BCUT2D eigenvalue weighted by atomic mass is 16.7. The van der Waals surface area contributed by atoms with Gasteiger partial charge in [0.05, 0.1) is 35.1 Å². The van der Waals surface area contributed by atoms with Crippen LogP contribution in [-0.2, 0) is 9.31 Å². The van der Waals surface area contributed by atoms with E-state index in [1.54, 1.807) is 20.4 Å².